The molecule has 1 fully saturated rings. The van der Waals surface area contributed by atoms with E-state index >= 15 is 0 Å². The zero-order valence-electron chi connectivity index (χ0n) is 18.9. The molecule has 0 heterocycles. The molecule has 1 aliphatic rings. The number of carbonyl (C=O) groups is 2. The van der Waals surface area contributed by atoms with Crippen LogP contribution in [0.4, 0.5) is 0 Å². The third kappa shape index (κ3) is 13.3. The number of carbonyl (C=O) groups excluding carboxylic acids is 2. The summed E-state index contributed by atoms with van der Waals surface area (Å²) in [6.07, 6.45) is 24.6. The lowest BCUT2D eigenvalue weighted by Gasteiger charge is -2.21. The number of rotatable bonds is 16. The van der Waals surface area contributed by atoms with Gasteiger partial charge in [-0.1, -0.05) is 77.4 Å². The molecule has 0 unspecified atom stereocenters. The lowest BCUT2D eigenvalue weighted by molar-refractivity contribution is -0.119. The van der Waals surface area contributed by atoms with Gasteiger partial charge in [-0.25, -0.2) is 0 Å². The van der Waals surface area contributed by atoms with Crippen LogP contribution in [0.1, 0.15) is 110 Å². The van der Waals surface area contributed by atoms with Gasteiger partial charge >= 0.3 is 0 Å². The molecule has 0 aromatic heterocycles. The Balaban J connectivity index is 2.21. The fourth-order valence-corrected chi connectivity index (χ4v) is 3.88. The molecule has 1 rings (SSSR count). The summed E-state index contributed by atoms with van der Waals surface area (Å²) >= 11 is 0. The van der Waals surface area contributed by atoms with E-state index < -0.39 is 0 Å². The van der Waals surface area contributed by atoms with Crippen LogP contribution >= 0.6 is 0 Å². The van der Waals surface area contributed by atoms with Crippen LogP contribution in [0.25, 0.3) is 0 Å². The van der Waals surface area contributed by atoms with Gasteiger partial charge in [0.2, 0.25) is 11.8 Å². The molecule has 0 aromatic carbocycles. The van der Waals surface area contributed by atoms with E-state index in [9.17, 15) is 9.59 Å². The Kier molecular flexibility index (Phi) is 15.2. The maximum absolute atomic E-state index is 12.2. The number of amides is 2. The summed E-state index contributed by atoms with van der Waals surface area (Å²) in [6.45, 7) is 4.43. The Morgan fingerprint density at radius 1 is 0.690 bits per heavy atom. The van der Waals surface area contributed by atoms with Gasteiger partial charge in [-0.15, -0.1) is 0 Å². The third-order valence-electron chi connectivity index (χ3n) is 5.66. The van der Waals surface area contributed by atoms with Crippen molar-refractivity contribution in [1.82, 2.24) is 10.6 Å². The molecule has 0 bridgehead atoms. The van der Waals surface area contributed by atoms with Crippen molar-refractivity contribution < 1.29 is 9.59 Å². The molecule has 29 heavy (non-hydrogen) atoms. The van der Waals surface area contributed by atoms with Crippen LogP contribution in [0, 0.1) is 0 Å². The fourth-order valence-electron chi connectivity index (χ4n) is 3.88. The van der Waals surface area contributed by atoms with Crippen molar-refractivity contribution in [2.45, 2.75) is 122 Å². The first kappa shape index (κ1) is 25.5. The molecule has 4 nitrogen and oxygen atoms in total. The van der Waals surface area contributed by atoms with E-state index in [0.717, 1.165) is 44.9 Å². The minimum Gasteiger partial charge on any atom is -0.348 e. The van der Waals surface area contributed by atoms with Gasteiger partial charge < -0.3 is 10.6 Å². The molecular formula is C25H44N2O2. The van der Waals surface area contributed by atoms with E-state index in [1.165, 1.54) is 51.4 Å². The Hall–Kier alpha value is -1.58. The molecule has 0 aliphatic heterocycles. The average Bonchev–Trinajstić information content (AvgIpc) is 3.13. The molecule has 0 aromatic rings. The van der Waals surface area contributed by atoms with E-state index in [1.54, 1.807) is 12.2 Å². The number of allylic oxidation sites excluding steroid dienone is 2. The molecule has 2 N–H and O–H groups in total. The van der Waals surface area contributed by atoms with E-state index in [4.69, 9.17) is 0 Å². The molecule has 2 atom stereocenters. The first-order valence-corrected chi connectivity index (χ1v) is 12.1. The predicted molar refractivity (Wildman–Crippen MR) is 123 cm³/mol. The predicted octanol–water partition coefficient (Wildman–Crippen LogP) is 5.97. The zero-order chi connectivity index (χ0) is 21.2. The summed E-state index contributed by atoms with van der Waals surface area (Å²) in [5.41, 5.74) is 0. The standard InChI is InChI=1S/C25H44N2O2/c1-3-5-7-9-11-13-15-20-24(28)26-22-18-17-19-23(22)27-25(29)21-16-14-12-10-8-6-4-2/h15-16,20-23H,3-14,17-19H2,1-2H3,(H,26,28)(H,27,29)/b20-15+,21-16+/t22-,23+. The minimum atomic E-state index is -0.0349. The number of hydrogen-bond donors (Lipinski definition) is 2. The van der Waals surface area contributed by atoms with Crippen LogP contribution in [0.15, 0.2) is 24.3 Å². The van der Waals surface area contributed by atoms with Gasteiger partial charge in [0.25, 0.3) is 0 Å². The minimum absolute atomic E-state index is 0.0349. The highest BCUT2D eigenvalue weighted by atomic mass is 16.2. The number of hydrogen-bond acceptors (Lipinski definition) is 2. The summed E-state index contributed by atoms with van der Waals surface area (Å²) in [7, 11) is 0. The van der Waals surface area contributed by atoms with Crippen LogP contribution in [0.2, 0.25) is 0 Å². The van der Waals surface area contributed by atoms with Gasteiger partial charge in [-0.2, -0.15) is 0 Å². The molecule has 0 radical (unpaired) electrons. The zero-order valence-corrected chi connectivity index (χ0v) is 18.9. The van der Waals surface area contributed by atoms with E-state index in [0.29, 0.717) is 0 Å². The molecule has 4 heteroatoms. The first-order valence-electron chi connectivity index (χ1n) is 12.1. The smallest absolute Gasteiger partial charge is 0.243 e. The fraction of sp³-hybridized carbons (Fsp3) is 0.760. The monoisotopic (exact) mass is 404 g/mol. The Morgan fingerprint density at radius 3 is 1.52 bits per heavy atom. The van der Waals surface area contributed by atoms with Gasteiger partial charge in [0, 0.05) is 12.1 Å². The normalized spacial score (nSPS) is 19.2. The summed E-state index contributed by atoms with van der Waals surface area (Å²) in [4.78, 5) is 24.3. The van der Waals surface area contributed by atoms with Gasteiger partial charge in [0.1, 0.15) is 0 Å². The quantitative estimate of drug-likeness (QED) is 0.246. The molecule has 166 valence electrons. The first-order chi connectivity index (χ1) is 14.2. The lowest BCUT2D eigenvalue weighted by Crippen LogP contribution is -2.47. The summed E-state index contributed by atoms with van der Waals surface area (Å²) < 4.78 is 0. The lowest BCUT2D eigenvalue weighted by atomic mass is 10.1. The van der Waals surface area contributed by atoms with Crippen molar-refractivity contribution >= 4 is 11.8 Å². The molecule has 1 saturated carbocycles. The van der Waals surface area contributed by atoms with Gasteiger partial charge in [0.05, 0.1) is 0 Å². The van der Waals surface area contributed by atoms with Crippen LogP contribution in [-0.2, 0) is 9.59 Å². The molecular weight excluding hydrogens is 360 g/mol. The van der Waals surface area contributed by atoms with Crippen molar-refractivity contribution in [1.29, 1.82) is 0 Å². The molecule has 0 spiro atoms. The summed E-state index contributed by atoms with van der Waals surface area (Å²) in [6, 6.07) is 0.0891. The maximum atomic E-state index is 12.2. The van der Waals surface area contributed by atoms with Crippen molar-refractivity contribution in [2.24, 2.45) is 0 Å². The van der Waals surface area contributed by atoms with Crippen LogP contribution in [0.3, 0.4) is 0 Å². The van der Waals surface area contributed by atoms with Crippen molar-refractivity contribution in [3.8, 4) is 0 Å². The van der Waals surface area contributed by atoms with E-state index in [2.05, 4.69) is 24.5 Å². The second kappa shape index (κ2) is 17.3. The van der Waals surface area contributed by atoms with Gasteiger partial charge in [-0.3, -0.25) is 9.59 Å². The molecule has 1 aliphatic carbocycles. The largest absolute Gasteiger partial charge is 0.348 e. The SMILES string of the molecule is CCCCCCC/C=C/C(=O)N[C@H]1CCC[C@H]1NC(=O)/C=C/CCCCCCC. The average molecular weight is 405 g/mol. The van der Waals surface area contributed by atoms with Crippen LogP contribution < -0.4 is 10.6 Å². The van der Waals surface area contributed by atoms with Crippen molar-refractivity contribution in [2.75, 3.05) is 0 Å². The number of unbranched alkanes of at least 4 members (excludes halogenated alkanes) is 10. The number of nitrogens with one attached hydrogen (secondary N) is 2. The second-order valence-corrected chi connectivity index (χ2v) is 8.37. The van der Waals surface area contributed by atoms with Gasteiger partial charge in [-0.05, 0) is 57.1 Å². The topological polar surface area (TPSA) is 58.2 Å². The highest BCUT2D eigenvalue weighted by Gasteiger charge is 2.28. The van der Waals surface area contributed by atoms with Gasteiger partial charge in [0.15, 0.2) is 0 Å². The summed E-state index contributed by atoms with van der Waals surface area (Å²) in [5, 5.41) is 6.15. The second-order valence-electron chi connectivity index (χ2n) is 8.37. The Labute approximate surface area is 179 Å². The maximum Gasteiger partial charge on any atom is 0.243 e. The van der Waals surface area contributed by atoms with E-state index in [1.807, 2.05) is 12.2 Å². The highest BCUT2D eigenvalue weighted by Crippen LogP contribution is 2.19. The van der Waals surface area contributed by atoms with Crippen LogP contribution in [0.5, 0.6) is 0 Å². The highest BCUT2D eigenvalue weighted by molar-refractivity contribution is 5.89. The van der Waals surface area contributed by atoms with Crippen molar-refractivity contribution in [3.05, 3.63) is 24.3 Å². The Bertz CT molecular complexity index is 455. The molecule has 0 saturated heterocycles. The van der Waals surface area contributed by atoms with Crippen molar-refractivity contribution in [3.63, 3.8) is 0 Å². The van der Waals surface area contributed by atoms with E-state index in [-0.39, 0.29) is 23.9 Å². The van der Waals surface area contributed by atoms with Crippen LogP contribution in [-0.4, -0.2) is 23.9 Å². The molecule has 2 amide bonds. The Morgan fingerprint density at radius 2 is 1.10 bits per heavy atom. The summed E-state index contributed by atoms with van der Waals surface area (Å²) in [5.74, 6) is -0.0698. The third-order valence-corrected chi connectivity index (χ3v) is 5.66.